The van der Waals surface area contributed by atoms with E-state index in [9.17, 15) is 0 Å². The highest BCUT2D eigenvalue weighted by atomic mass is 16.7. The van der Waals surface area contributed by atoms with Crippen molar-refractivity contribution in [3.05, 3.63) is 18.0 Å². The smallest absolute Gasteiger partial charge is 0.202 e. The van der Waals surface area contributed by atoms with E-state index >= 15 is 0 Å². The Hall–Kier alpha value is -0.870. The van der Waals surface area contributed by atoms with E-state index in [0.29, 0.717) is 13.2 Å². The molecule has 1 aromatic rings. The first-order chi connectivity index (χ1) is 6.27. The summed E-state index contributed by atoms with van der Waals surface area (Å²) in [6.07, 6.45) is 1.55. The Morgan fingerprint density at radius 2 is 2.00 bits per heavy atom. The van der Waals surface area contributed by atoms with Gasteiger partial charge < -0.3 is 9.47 Å². The van der Waals surface area contributed by atoms with E-state index in [0.717, 1.165) is 5.69 Å². The number of nitrogens with zero attached hydrogens (tertiary/aromatic N) is 2. The number of hydrogen-bond acceptors (Lipinski definition) is 3. The fourth-order valence-corrected chi connectivity index (χ4v) is 1.08. The normalized spacial score (nSPS) is 11.1. The summed E-state index contributed by atoms with van der Waals surface area (Å²) in [4.78, 5) is 0. The Morgan fingerprint density at radius 3 is 2.38 bits per heavy atom. The summed E-state index contributed by atoms with van der Waals surface area (Å²) in [5.74, 6) is 0. The molecule has 0 aliphatic rings. The summed E-state index contributed by atoms with van der Waals surface area (Å²) < 4.78 is 12.5. The average molecular weight is 184 g/mol. The highest BCUT2D eigenvalue weighted by molar-refractivity contribution is 5.00. The molecule has 0 saturated heterocycles. The van der Waals surface area contributed by atoms with Crippen molar-refractivity contribution in [3.63, 3.8) is 0 Å². The van der Waals surface area contributed by atoms with Gasteiger partial charge in [0.15, 0.2) is 0 Å². The van der Waals surface area contributed by atoms with E-state index in [4.69, 9.17) is 9.47 Å². The lowest BCUT2D eigenvalue weighted by Gasteiger charge is -2.13. The van der Waals surface area contributed by atoms with Crippen molar-refractivity contribution in [1.29, 1.82) is 0 Å². The average Bonchev–Trinajstić information content (AvgIpc) is 2.51. The minimum absolute atomic E-state index is 0.323. The first-order valence-electron chi connectivity index (χ1n) is 4.50. The van der Waals surface area contributed by atoms with Crippen LogP contribution in [0.4, 0.5) is 0 Å². The Morgan fingerprint density at radius 1 is 1.38 bits per heavy atom. The minimum Gasteiger partial charge on any atom is -0.347 e. The molecule has 4 nitrogen and oxygen atoms in total. The van der Waals surface area contributed by atoms with Crippen LogP contribution in [0.2, 0.25) is 0 Å². The molecule has 0 fully saturated rings. The molecule has 1 rings (SSSR count). The Kier molecular flexibility index (Phi) is 3.92. The summed E-state index contributed by atoms with van der Waals surface area (Å²) >= 11 is 0. The molecule has 0 radical (unpaired) electrons. The fraction of sp³-hybridized carbons (Fsp3) is 0.667. The third kappa shape index (κ3) is 2.82. The van der Waals surface area contributed by atoms with Crippen LogP contribution >= 0.6 is 0 Å². The molecule has 4 heteroatoms. The van der Waals surface area contributed by atoms with Gasteiger partial charge in [0, 0.05) is 26.5 Å². The van der Waals surface area contributed by atoms with E-state index < -0.39 is 0 Å². The summed E-state index contributed by atoms with van der Waals surface area (Å²) in [6, 6.07) is 1.90. The van der Waals surface area contributed by atoms with Crippen molar-refractivity contribution in [2.75, 3.05) is 13.2 Å². The Labute approximate surface area is 78.5 Å². The van der Waals surface area contributed by atoms with Gasteiger partial charge in [-0.3, -0.25) is 4.68 Å². The first kappa shape index (κ1) is 10.2. The summed E-state index contributed by atoms with van der Waals surface area (Å²) in [5.41, 5.74) is 0.825. The third-order valence-electron chi connectivity index (χ3n) is 1.61. The maximum atomic E-state index is 5.38. The zero-order valence-corrected chi connectivity index (χ0v) is 8.36. The molecule has 0 amide bonds. The highest BCUT2D eigenvalue weighted by Gasteiger charge is 2.13. The first-order valence-corrected chi connectivity index (χ1v) is 4.50. The van der Waals surface area contributed by atoms with Crippen molar-refractivity contribution in [2.24, 2.45) is 7.05 Å². The van der Waals surface area contributed by atoms with Crippen LogP contribution in [0.5, 0.6) is 0 Å². The maximum Gasteiger partial charge on any atom is 0.202 e. The Balaban J connectivity index is 2.63. The molecule has 0 N–H and O–H groups in total. The van der Waals surface area contributed by atoms with Crippen molar-refractivity contribution < 1.29 is 9.47 Å². The molecular weight excluding hydrogens is 168 g/mol. The van der Waals surface area contributed by atoms with Crippen LogP contribution in [-0.2, 0) is 16.5 Å². The van der Waals surface area contributed by atoms with Crippen LogP contribution in [0.1, 0.15) is 25.8 Å². The third-order valence-corrected chi connectivity index (χ3v) is 1.61. The van der Waals surface area contributed by atoms with Crippen LogP contribution in [0, 0.1) is 0 Å². The SMILES string of the molecule is CCOC(OCC)c1ccn(C)n1. The number of hydrogen-bond donors (Lipinski definition) is 0. The second kappa shape index (κ2) is 4.99. The standard InChI is InChI=1S/C9H16N2O2/c1-4-12-9(13-5-2)8-6-7-11(3)10-8/h6-7,9H,4-5H2,1-3H3. The lowest BCUT2D eigenvalue weighted by molar-refractivity contribution is -0.142. The van der Waals surface area contributed by atoms with Gasteiger partial charge in [-0.2, -0.15) is 5.10 Å². The van der Waals surface area contributed by atoms with Gasteiger partial charge in [-0.1, -0.05) is 0 Å². The molecule has 0 unspecified atom stereocenters. The molecule has 0 spiro atoms. The summed E-state index contributed by atoms with van der Waals surface area (Å²) in [5, 5.41) is 4.21. The molecule has 0 saturated carbocycles. The second-order valence-electron chi connectivity index (χ2n) is 2.66. The lowest BCUT2D eigenvalue weighted by Crippen LogP contribution is -2.09. The van der Waals surface area contributed by atoms with E-state index in [2.05, 4.69) is 5.10 Å². The van der Waals surface area contributed by atoms with E-state index in [-0.39, 0.29) is 6.29 Å². The van der Waals surface area contributed by atoms with Crippen molar-refractivity contribution in [3.8, 4) is 0 Å². The molecular formula is C9H16N2O2. The molecule has 13 heavy (non-hydrogen) atoms. The summed E-state index contributed by atoms with van der Waals surface area (Å²) in [6.45, 7) is 5.13. The van der Waals surface area contributed by atoms with Crippen LogP contribution in [0.3, 0.4) is 0 Å². The molecule has 0 aliphatic heterocycles. The van der Waals surface area contributed by atoms with Gasteiger partial charge in [0.25, 0.3) is 0 Å². The van der Waals surface area contributed by atoms with Gasteiger partial charge >= 0.3 is 0 Å². The van der Waals surface area contributed by atoms with Crippen LogP contribution in [0.25, 0.3) is 0 Å². The van der Waals surface area contributed by atoms with Gasteiger partial charge in [0.05, 0.1) is 0 Å². The second-order valence-corrected chi connectivity index (χ2v) is 2.66. The van der Waals surface area contributed by atoms with E-state index in [1.165, 1.54) is 0 Å². The molecule has 74 valence electrons. The van der Waals surface area contributed by atoms with Crippen molar-refractivity contribution >= 4 is 0 Å². The monoisotopic (exact) mass is 184 g/mol. The molecule has 1 heterocycles. The maximum absolute atomic E-state index is 5.38. The molecule has 0 aliphatic carbocycles. The number of aryl methyl sites for hydroxylation is 1. The molecule has 1 aromatic heterocycles. The van der Waals surface area contributed by atoms with E-state index in [1.54, 1.807) is 4.68 Å². The summed E-state index contributed by atoms with van der Waals surface area (Å²) in [7, 11) is 1.87. The fourth-order valence-electron chi connectivity index (χ4n) is 1.08. The predicted molar refractivity (Wildman–Crippen MR) is 49.2 cm³/mol. The largest absolute Gasteiger partial charge is 0.347 e. The number of aromatic nitrogens is 2. The Bertz CT molecular complexity index is 242. The number of ether oxygens (including phenoxy) is 2. The topological polar surface area (TPSA) is 36.3 Å². The zero-order valence-electron chi connectivity index (χ0n) is 8.36. The van der Waals surface area contributed by atoms with Gasteiger partial charge in [-0.15, -0.1) is 0 Å². The van der Waals surface area contributed by atoms with E-state index in [1.807, 2.05) is 33.2 Å². The van der Waals surface area contributed by atoms with Gasteiger partial charge in [0.1, 0.15) is 5.69 Å². The van der Waals surface area contributed by atoms with Gasteiger partial charge in [-0.25, -0.2) is 0 Å². The highest BCUT2D eigenvalue weighted by Crippen LogP contribution is 2.15. The molecule has 0 bridgehead atoms. The molecule has 0 atom stereocenters. The van der Waals surface area contributed by atoms with Crippen LogP contribution in [-0.4, -0.2) is 23.0 Å². The minimum atomic E-state index is -0.323. The zero-order chi connectivity index (χ0) is 9.68. The van der Waals surface area contributed by atoms with Crippen LogP contribution in [0.15, 0.2) is 12.3 Å². The van der Waals surface area contributed by atoms with Gasteiger partial charge in [-0.05, 0) is 19.9 Å². The molecule has 0 aromatic carbocycles. The van der Waals surface area contributed by atoms with Crippen molar-refractivity contribution in [1.82, 2.24) is 9.78 Å². The number of rotatable bonds is 5. The predicted octanol–water partition coefficient (Wildman–Crippen LogP) is 1.49. The van der Waals surface area contributed by atoms with Gasteiger partial charge in [0.2, 0.25) is 6.29 Å². The van der Waals surface area contributed by atoms with Crippen LogP contribution < -0.4 is 0 Å². The quantitative estimate of drug-likeness (QED) is 0.650. The lowest BCUT2D eigenvalue weighted by atomic mass is 10.4. The van der Waals surface area contributed by atoms with Crippen molar-refractivity contribution in [2.45, 2.75) is 20.1 Å².